The van der Waals surface area contributed by atoms with Crippen molar-refractivity contribution in [3.63, 3.8) is 0 Å². The number of unbranched alkanes of at least 4 members (excludes halogenated alkanes) is 40. The van der Waals surface area contributed by atoms with Gasteiger partial charge in [0.2, 0.25) is 0 Å². The van der Waals surface area contributed by atoms with Gasteiger partial charge in [-0.2, -0.15) is 0 Å². The zero-order chi connectivity index (χ0) is 71.0. The molecule has 0 aliphatic heterocycles. The van der Waals surface area contributed by atoms with Crippen molar-refractivity contribution in [3.8, 4) is 0 Å². The van der Waals surface area contributed by atoms with Crippen LogP contribution >= 0.6 is 15.6 Å². The van der Waals surface area contributed by atoms with Crippen LogP contribution in [0.2, 0.25) is 0 Å². The molecule has 0 rings (SSSR count). The number of ether oxygens (including phenoxy) is 4. The van der Waals surface area contributed by atoms with Crippen molar-refractivity contribution in [1.82, 2.24) is 0 Å². The summed E-state index contributed by atoms with van der Waals surface area (Å²) in [6.45, 7) is 14.1. The fourth-order valence-electron chi connectivity index (χ4n) is 11.7. The monoisotopic (exact) mass is 1410 g/mol. The standard InChI is InChI=1S/C77H150O17P2/c1-67(2)53-45-37-29-23-19-15-11-9-10-12-18-22-26-33-43-51-59-76(81)93-72(63-87-74(79)57-49-41-32-25-21-17-14-13-16-20-24-30-38-46-54-68(3)4)65-91-95(83,84)89-61-71(78)62-90-96(85,86)92-66-73(64-88-75(80)58-50-42-36-35-40-48-56-70(7)8)94-77(82)60-52-44-34-28-27-31-39-47-55-69(5)6/h67-73,78H,9-66H2,1-8H3,(H,83,84)(H,85,86)/t71-,72-,73-/m1/s1. The summed E-state index contributed by atoms with van der Waals surface area (Å²) in [6, 6.07) is 0. The van der Waals surface area contributed by atoms with Gasteiger partial charge in [-0.05, 0) is 49.4 Å². The average Bonchev–Trinajstić information content (AvgIpc) is 1.19. The number of phosphoric acid groups is 2. The number of rotatable bonds is 74. The Labute approximate surface area is 588 Å². The Balaban J connectivity index is 5.22. The van der Waals surface area contributed by atoms with Crippen molar-refractivity contribution in [3.05, 3.63) is 0 Å². The molecule has 0 saturated heterocycles. The highest BCUT2D eigenvalue weighted by Crippen LogP contribution is 2.45. The Morgan fingerprint density at radius 1 is 0.260 bits per heavy atom. The normalized spacial score (nSPS) is 14.1. The molecule has 3 N–H and O–H groups in total. The molecule has 0 aliphatic carbocycles. The fourth-order valence-corrected chi connectivity index (χ4v) is 13.3. The summed E-state index contributed by atoms with van der Waals surface area (Å²) < 4.78 is 68.5. The first-order valence-corrected chi connectivity index (χ1v) is 42.7. The van der Waals surface area contributed by atoms with Gasteiger partial charge in [-0.3, -0.25) is 37.3 Å². The highest BCUT2D eigenvalue weighted by Gasteiger charge is 2.30. The summed E-state index contributed by atoms with van der Waals surface area (Å²) in [7, 11) is -9.91. The van der Waals surface area contributed by atoms with Gasteiger partial charge in [0.05, 0.1) is 26.4 Å². The van der Waals surface area contributed by atoms with E-state index in [4.69, 9.17) is 37.0 Å². The number of hydrogen-bond donors (Lipinski definition) is 3. The van der Waals surface area contributed by atoms with Gasteiger partial charge < -0.3 is 33.8 Å². The van der Waals surface area contributed by atoms with Crippen molar-refractivity contribution < 1.29 is 80.2 Å². The molecular weight excluding hydrogens is 1260 g/mol. The molecule has 0 aliphatic rings. The van der Waals surface area contributed by atoms with Crippen LogP contribution in [0.4, 0.5) is 0 Å². The zero-order valence-electron chi connectivity index (χ0n) is 63.0. The van der Waals surface area contributed by atoms with Crippen LogP contribution in [0.15, 0.2) is 0 Å². The van der Waals surface area contributed by atoms with Crippen molar-refractivity contribution in [1.29, 1.82) is 0 Å². The third-order valence-electron chi connectivity index (χ3n) is 17.8. The molecular formula is C77H150O17P2. The number of aliphatic hydroxyl groups excluding tert-OH is 1. The summed E-state index contributed by atoms with van der Waals surface area (Å²) >= 11 is 0. The Bertz CT molecular complexity index is 1880. The first-order valence-electron chi connectivity index (χ1n) is 39.7. The van der Waals surface area contributed by atoms with Crippen LogP contribution < -0.4 is 0 Å². The zero-order valence-corrected chi connectivity index (χ0v) is 64.8. The lowest BCUT2D eigenvalue weighted by Crippen LogP contribution is -2.30. The quantitative estimate of drug-likeness (QED) is 0.0222. The lowest BCUT2D eigenvalue weighted by Gasteiger charge is -2.21. The SMILES string of the molecule is CC(C)CCCCCCCCCCCCCCCCCCC(=O)O[C@H](COC(=O)CCCCCCCCCCCCCCCCC(C)C)COP(=O)(O)OC[C@@H](O)COP(=O)(O)OC[C@@H](COC(=O)CCCCCCCCC(C)C)OC(=O)CCCCCCCCCCC(C)C. The van der Waals surface area contributed by atoms with Gasteiger partial charge >= 0.3 is 39.5 Å². The molecule has 5 atom stereocenters. The van der Waals surface area contributed by atoms with Gasteiger partial charge in [-0.25, -0.2) is 9.13 Å². The van der Waals surface area contributed by atoms with Crippen LogP contribution in [0.25, 0.3) is 0 Å². The summed E-state index contributed by atoms with van der Waals surface area (Å²) in [6.07, 6.45) is 51.6. The third-order valence-corrected chi connectivity index (χ3v) is 19.7. The average molecular weight is 1410 g/mol. The minimum absolute atomic E-state index is 0.103. The molecule has 0 aromatic carbocycles. The molecule has 96 heavy (non-hydrogen) atoms. The first-order chi connectivity index (χ1) is 46.1. The van der Waals surface area contributed by atoms with Crippen LogP contribution in [0.1, 0.15) is 389 Å². The number of aliphatic hydroxyl groups is 1. The summed E-state index contributed by atoms with van der Waals surface area (Å²) in [5, 5.41) is 10.6. The van der Waals surface area contributed by atoms with Gasteiger partial charge in [0.15, 0.2) is 12.2 Å². The second kappa shape index (κ2) is 66.3. The Kier molecular flexibility index (Phi) is 65.0. The molecule has 17 nitrogen and oxygen atoms in total. The lowest BCUT2D eigenvalue weighted by atomic mass is 10.0. The van der Waals surface area contributed by atoms with Gasteiger partial charge in [-0.1, -0.05) is 338 Å². The van der Waals surface area contributed by atoms with Crippen LogP contribution in [-0.4, -0.2) is 96.7 Å². The van der Waals surface area contributed by atoms with Crippen LogP contribution in [0.3, 0.4) is 0 Å². The van der Waals surface area contributed by atoms with E-state index in [0.717, 1.165) is 114 Å². The van der Waals surface area contributed by atoms with Gasteiger partial charge in [0.1, 0.15) is 19.3 Å². The van der Waals surface area contributed by atoms with E-state index in [-0.39, 0.29) is 25.7 Å². The van der Waals surface area contributed by atoms with E-state index in [9.17, 15) is 43.2 Å². The first kappa shape index (κ1) is 94.1. The van der Waals surface area contributed by atoms with Crippen molar-refractivity contribution in [2.75, 3.05) is 39.6 Å². The van der Waals surface area contributed by atoms with Crippen LogP contribution in [0, 0.1) is 23.7 Å². The summed E-state index contributed by atoms with van der Waals surface area (Å²) in [5.41, 5.74) is 0. The van der Waals surface area contributed by atoms with Crippen molar-refractivity contribution in [2.24, 2.45) is 23.7 Å². The number of hydrogen-bond acceptors (Lipinski definition) is 15. The minimum atomic E-state index is -4.96. The second-order valence-electron chi connectivity index (χ2n) is 29.7. The van der Waals surface area contributed by atoms with E-state index < -0.39 is 97.5 Å². The van der Waals surface area contributed by atoms with E-state index in [1.54, 1.807) is 0 Å². The maximum atomic E-state index is 13.1. The predicted octanol–water partition coefficient (Wildman–Crippen LogP) is 22.4. The Morgan fingerprint density at radius 3 is 0.646 bits per heavy atom. The summed E-state index contributed by atoms with van der Waals surface area (Å²) in [4.78, 5) is 72.8. The molecule has 0 fully saturated rings. The van der Waals surface area contributed by atoms with Crippen molar-refractivity contribution in [2.45, 2.75) is 408 Å². The van der Waals surface area contributed by atoms with Gasteiger partial charge in [0.25, 0.3) is 0 Å². The smallest absolute Gasteiger partial charge is 0.462 e. The molecule has 0 spiro atoms. The third kappa shape index (κ3) is 70.5. The fraction of sp³-hybridized carbons (Fsp3) is 0.948. The Morgan fingerprint density at radius 2 is 0.438 bits per heavy atom. The topological polar surface area (TPSA) is 237 Å². The Hall–Kier alpha value is -1.94. The molecule has 0 aromatic heterocycles. The van der Waals surface area contributed by atoms with Gasteiger partial charge in [0, 0.05) is 25.7 Å². The largest absolute Gasteiger partial charge is 0.472 e. The maximum absolute atomic E-state index is 13.1. The molecule has 0 aromatic rings. The number of carbonyl (C=O) groups is 4. The molecule has 570 valence electrons. The van der Waals surface area contributed by atoms with E-state index >= 15 is 0 Å². The van der Waals surface area contributed by atoms with Crippen molar-refractivity contribution >= 4 is 39.5 Å². The molecule has 0 heterocycles. The van der Waals surface area contributed by atoms with E-state index in [1.807, 2.05) is 0 Å². The minimum Gasteiger partial charge on any atom is -0.462 e. The summed E-state index contributed by atoms with van der Waals surface area (Å²) in [5.74, 6) is 0.883. The molecule has 19 heteroatoms. The van der Waals surface area contributed by atoms with E-state index in [2.05, 4.69) is 55.4 Å². The molecule has 2 unspecified atom stereocenters. The number of carbonyl (C=O) groups excluding carboxylic acids is 4. The van der Waals surface area contributed by atoms with Crippen LogP contribution in [0.5, 0.6) is 0 Å². The van der Waals surface area contributed by atoms with E-state index in [1.165, 1.54) is 186 Å². The van der Waals surface area contributed by atoms with Crippen LogP contribution in [-0.2, 0) is 65.4 Å². The van der Waals surface area contributed by atoms with Gasteiger partial charge in [-0.15, -0.1) is 0 Å². The highest BCUT2D eigenvalue weighted by molar-refractivity contribution is 7.47. The number of phosphoric ester groups is 2. The van der Waals surface area contributed by atoms with E-state index in [0.29, 0.717) is 31.6 Å². The molecule has 0 radical (unpaired) electrons. The predicted molar refractivity (Wildman–Crippen MR) is 391 cm³/mol. The lowest BCUT2D eigenvalue weighted by molar-refractivity contribution is -0.161. The molecule has 0 bridgehead atoms. The number of esters is 4. The molecule has 0 amide bonds. The highest BCUT2D eigenvalue weighted by atomic mass is 31.2. The maximum Gasteiger partial charge on any atom is 0.472 e. The second-order valence-corrected chi connectivity index (χ2v) is 32.6. The molecule has 0 saturated carbocycles.